The van der Waals surface area contributed by atoms with Gasteiger partial charge in [0.05, 0.1) is 30.8 Å². The van der Waals surface area contributed by atoms with Crippen LogP contribution in [0.1, 0.15) is 29.3 Å². The van der Waals surface area contributed by atoms with Gasteiger partial charge in [0.1, 0.15) is 11.9 Å². The molecule has 0 amide bonds. The second-order valence-corrected chi connectivity index (χ2v) is 9.89. The number of hydrogen-bond acceptors (Lipinski definition) is 8. The Labute approximate surface area is 236 Å². The highest BCUT2D eigenvalue weighted by Crippen LogP contribution is 2.37. The molecule has 2 aromatic carbocycles. The molecule has 5 rings (SSSR count). The zero-order chi connectivity index (χ0) is 28.9. The van der Waals surface area contributed by atoms with Crippen LogP contribution in [0.5, 0.6) is 6.01 Å². The van der Waals surface area contributed by atoms with Crippen molar-refractivity contribution in [1.29, 1.82) is 0 Å². The van der Waals surface area contributed by atoms with Crippen LogP contribution in [-0.2, 0) is 20.8 Å². The third kappa shape index (κ3) is 6.32. The third-order valence-corrected chi connectivity index (χ3v) is 7.13. The predicted molar refractivity (Wildman–Crippen MR) is 146 cm³/mol. The van der Waals surface area contributed by atoms with E-state index in [0.29, 0.717) is 36.5 Å². The lowest BCUT2D eigenvalue weighted by atomic mass is 9.90. The summed E-state index contributed by atoms with van der Waals surface area (Å²) in [5, 5.41) is 6.55. The van der Waals surface area contributed by atoms with Crippen molar-refractivity contribution in [2.45, 2.75) is 25.9 Å². The van der Waals surface area contributed by atoms with Crippen LogP contribution in [0.3, 0.4) is 0 Å². The summed E-state index contributed by atoms with van der Waals surface area (Å²) >= 11 is 0. The summed E-state index contributed by atoms with van der Waals surface area (Å²) in [4.78, 5) is 28.1. The van der Waals surface area contributed by atoms with Crippen LogP contribution in [0.4, 0.5) is 8.78 Å². The van der Waals surface area contributed by atoms with Gasteiger partial charge in [-0.15, -0.1) is 0 Å². The Bertz CT molecular complexity index is 1500. The highest BCUT2D eigenvalue weighted by atomic mass is 19.2. The summed E-state index contributed by atoms with van der Waals surface area (Å²) in [6.45, 7) is 3.28. The second kappa shape index (κ2) is 12.6. The van der Waals surface area contributed by atoms with E-state index < -0.39 is 17.7 Å². The van der Waals surface area contributed by atoms with Gasteiger partial charge >= 0.3 is 6.01 Å². The molecule has 0 radical (unpaired) electrons. The molecule has 0 spiro atoms. The van der Waals surface area contributed by atoms with Gasteiger partial charge in [0.25, 0.3) is 0 Å². The SMILES string of the molecule is COCCN1C[C@@H](CC(=O)Cc2c(C)c(-c3cnc(OC)nc3)nn2-c2ccccc2)[C@H](c2ccc(F)c(F)c2)O1. The lowest BCUT2D eigenvalue weighted by Crippen LogP contribution is -2.24. The van der Waals surface area contributed by atoms with Crippen molar-refractivity contribution in [3.05, 3.63) is 89.4 Å². The van der Waals surface area contributed by atoms with Crippen molar-refractivity contribution in [3.63, 3.8) is 0 Å². The molecule has 1 aliphatic rings. The van der Waals surface area contributed by atoms with Gasteiger partial charge < -0.3 is 9.47 Å². The number of carbonyl (C=O) groups excluding carboxylic acids is 1. The molecule has 9 nitrogen and oxygen atoms in total. The normalized spacial score (nSPS) is 17.2. The number of Topliss-reactive ketones (excluding diaryl/α,β-unsaturated/α-hetero) is 1. The zero-order valence-corrected chi connectivity index (χ0v) is 23.1. The lowest BCUT2D eigenvalue weighted by molar-refractivity contribution is -0.155. The Hall–Kier alpha value is -4.06. The standard InChI is InChI=1S/C30H31F2N5O4/c1-19-27(37(23-7-5-4-6-8-23)35-28(19)22-16-33-30(40-3)34-17-22)15-24(38)13-21-18-36(11-12-39-2)41-29(21)20-9-10-25(31)26(32)14-20/h4-10,14,16-17,21,29H,11-13,15,18H2,1-3H3/t21-,29+/m1/s1. The average Bonchev–Trinajstić information content (AvgIpc) is 3.54. The molecule has 0 aliphatic carbocycles. The van der Waals surface area contributed by atoms with E-state index in [1.54, 1.807) is 29.2 Å². The van der Waals surface area contributed by atoms with Crippen molar-refractivity contribution < 1.29 is 27.9 Å². The average molecular weight is 564 g/mol. The quantitative estimate of drug-likeness (QED) is 0.260. The smallest absolute Gasteiger partial charge is 0.316 e. The van der Waals surface area contributed by atoms with Crippen LogP contribution >= 0.6 is 0 Å². The summed E-state index contributed by atoms with van der Waals surface area (Å²) in [6.07, 6.45) is 2.97. The molecule has 41 heavy (non-hydrogen) atoms. The van der Waals surface area contributed by atoms with Gasteiger partial charge in [-0.3, -0.25) is 9.63 Å². The number of halogens is 2. The molecular weight excluding hydrogens is 532 g/mol. The molecule has 2 atom stereocenters. The Morgan fingerprint density at radius 1 is 1.07 bits per heavy atom. The lowest BCUT2D eigenvalue weighted by Gasteiger charge is -2.18. The maximum Gasteiger partial charge on any atom is 0.316 e. The number of ketones is 1. The van der Waals surface area contributed by atoms with E-state index in [0.717, 1.165) is 29.1 Å². The van der Waals surface area contributed by atoms with Gasteiger partial charge in [0, 0.05) is 56.9 Å². The first kappa shape index (κ1) is 28.5. The van der Waals surface area contributed by atoms with Crippen LogP contribution in [0.15, 0.2) is 60.9 Å². The van der Waals surface area contributed by atoms with Gasteiger partial charge in [-0.1, -0.05) is 24.3 Å². The first-order valence-electron chi connectivity index (χ1n) is 13.3. The Morgan fingerprint density at radius 3 is 2.51 bits per heavy atom. The molecule has 1 fully saturated rings. The fourth-order valence-electron chi connectivity index (χ4n) is 5.07. The number of carbonyl (C=O) groups is 1. The molecule has 1 aliphatic heterocycles. The number of nitrogens with zero attached hydrogens (tertiary/aromatic N) is 5. The minimum Gasteiger partial charge on any atom is -0.467 e. The second-order valence-electron chi connectivity index (χ2n) is 9.89. The molecule has 0 saturated carbocycles. The number of methoxy groups -OCH3 is 2. The molecule has 3 heterocycles. The maximum absolute atomic E-state index is 14.1. The minimum absolute atomic E-state index is 0.0301. The molecule has 0 unspecified atom stereocenters. The van der Waals surface area contributed by atoms with Gasteiger partial charge in [0.2, 0.25) is 0 Å². The van der Waals surface area contributed by atoms with Crippen molar-refractivity contribution in [3.8, 4) is 23.0 Å². The number of hydroxylamine groups is 2. The topological polar surface area (TPSA) is 91.6 Å². The van der Waals surface area contributed by atoms with Gasteiger partial charge in [-0.2, -0.15) is 10.2 Å². The molecule has 214 valence electrons. The number of rotatable bonds is 11. The highest BCUT2D eigenvalue weighted by Gasteiger charge is 2.37. The largest absolute Gasteiger partial charge is 0.467 e. The Morgan fingerprint density at radius 2 is 1.83 bits per heavy atom. The van der Waals surface area contributed by atoms with E-state index in [4.69, 9.17) is 19.4 Å². The fraction of sp³-hybridized carbons (Fsp3) is 0.333. The molecule has 0 N–H and O–H groups in total. The van der Waals surface area contributed by atoms with Crippen molar-refractivity contribution in [1.82, 2.24) is 24.8 Å². The molecular formula is C30H31F2N5O4. The third-order valence-electron chi connectivity index (χ3n) is 7.13. The summed E-state index contributed by atoms with van der Waals surface area (Å²) in [5.74, 6) is -2.19. The molecule has 4 aromatic rings. The summed E-state index contributed by atoms with van der Waals surface area (Å²) in [5.41, 5.74) is 4.23. The Kier molecular flexibility index (Phi) is 8.77. The highest BCUT2D eigenvalue weighted by molar-refractivity contribution is 5.82. The molecule has 11 heteroatoms. The Balaban J connectivity index is 1.42. The van der Waals surface area contributed by atoms with Crippen LogP contribution in [0.25, 0.3) is 16.9 Å². The maximum atomic E-state index is 14.1. The van der Waals surface area contributed by atoms with Crippen molar-refractivity contribution in [2.24, 2.45) is 5.92 Å². The van der Waals surface area contributed by atoms with Crippen molar-refractivity contribution in [2.75, 3.05) is 33.9 Å². The zero-order valence-electron chi connectivity index (χ0n) is 23.1. The summed E-state index contributed by atoms with van der Waals surface area (Å²) in [7, 11) is 3.09. The number of benzene rings is 2. The summed E-state index contributed by atoms with van der Waals surface area (Å²) in [6, 6.07) is 13.5. The first-order chi connectivity index (χ1) is 19.9. The van der Waals surface area contributed by atoms with Crippen molar-refractivity contribution >= 4 is 5.78 Å². The van der Waals surface area contributed by atoms with E-state index in [2.05, 4.69) is 9.97 Å². The molecule has 2 aromatic heterocycles. The van der Waals surface area contributed by atoms with Crippen LogP contribution in [-0.4, -0.2) is 64.5 Å². The van der Waals surface area contributed by atoms with Crippen LogP contribution in [0.2, 0.25) is 0 Å². The van der Waals surface area contributed by atoms with Gasteiger partial charge in [-0.05, 0) is 42.3 Å². The number of hydrogen-bond donors (Lipinski definition) is 0. The van der Waals surface area contributed by atoms with E-state index in [-0.39, 0.29) is 30.6 Å². The minimum atomic E-state index is -0.955. The monoisotopic (exact) mass is 563 g/mol. The molecule has 1 saturated heterocycles. The van der Waals surface area contributed by atoms with Crippen LogP contribution < -0.4 is 4.74 Å². The van der Waals surface area contributed by atoms with Crippen LogP contribution in [0, 0.1) is 24.5 Å². The fourth-order valence-corrected chi connectivity index (χ4v) is 5.07. The van der Waals surface area contributed by atoms with E-state index in [9.17, 15) is 13.6 Å². The summed E-state index contributed by atoms with van der Waals surface area (Å²) < 4.78 is 39.7. The number of para-hydroxylation sites is 1. The number of aromatic nitrogens is 4. The molecule has 0 bridgehead atoms. The van der Waals surface area contributed by atoms with E-state index in [1.807, 2.05) is 37.3 Å². The first-order valence-corrected chi connectivity index (χ1v) is 13.3. The van der Waals surface area contributed by atoms with Gasteiger partial charge in [-0.25, -0.2) is 23.4 Å². The van der Waals surface area contributed by atoms with Gasteiger partial charge in [0.15, 0.2) is 11.6 Å². The van der Waals surface area contributed by atoms with E-state index in [1.165, 1.54) is 13.2 Å². The predicted octanol–water partition coefficient (Wildman–Crippen LogP) is 4.68. The van der Waals surface area contributed by atoms with E-state index >= 15 is 0 Å². The number of ether oxygens (including phenoxy) is 2.